The van der Waals surface area contributed by atoms with Gasteiger partial charge in [0.2, 0.25) is 0 Å². The maximum Gasteiger partial charge on any atom is 0.257 e. The van der Waals surface area contributed by atoms with E-state index in [1.54, 1.807) is 12.1 Å². The first-order valence-electron chi connectivity index (χ1n) is 7.45. The van der Waals surface area contributed by atoms with E-state index in [9.17, 15) is 4.79 Å². The maximum absolute atomic E-state index is 12.1. The molecule has 0 heterocycles. The molecule has 21 heavy (non-hydrogen) atoms. The highest BCUT2D eigenvalue weighted by Gasteiger charge is 2.08. The summed E-state index contributed by atoms with van der Waals surface area (Å²) in [6.07, 6.45) is 4.79. The normalized spacial score (nSPS) is 10.3. The van der Waals surface area contributed by atoms with Crippen LogP contribution >= 0.6 is 0 Å². The molecule has 0 aliphatic rings. The minimum atomic E-state index is -0.174. The van der Waals surface area contributed by atoms with Gasteiger partial charge in [0.25, 0.3) is 5.91 Å². The van der Waals surface area contributed by atoms with Crippen LogP contribution in [0.4, 0.5) is 11.4 Å². The lowest BCUT2D eigenvalue weighted by molar-refractivity contribution is 0.102. The molecule has 0 bridgehead atoms. The van der Waals surface area contributed by atoms with Crippen LogP contribution in [0.1, 0.15) is 42.1 Å². The first kappa shape index (κ1) is 15.1. The topological polar surface area (TPSA) is 55.1 Å². The number of nitrogens with one attached hydrogen (secondary N) is 1. The van der Waals surface area contributed by atoms with E-state index in [1.807, 2.05) is 24.3 Å². The van der Waals surface area contributed by atoms with E-state index in [1.165, 1.54) is 24.8 Å². The maximum atomic E-state index is 12.1. The number of carbonyl (C=O) groups excluding carboxylic acids is 1. The summed E-state index contributed by atoms with van der Waals surface area (Å²) in [6, 6.07) is 15.1. The van der Waals surface area contributed by atoms with Crippen molar-refractivity contribution in [2.24, 2.45) is 0 Å². The molecule has 2 aromatic carbocycles. The standard InChI is InChI=1S/C18H22N2O/c1-2-3-4-7-14-10-12-15(13-11-14)20-18(21)16-8-5-6-9-17(16)19/h5-6,8-13H,2-4,7,19H2,1H3,(H,20,21). The number of aryl methyl sites for hydroxylation is 1. The number of anilines is 2. The van der Waals surface area contributed by atoms with Crippen molar-refractivity contribution in [1.29, 1.82) is 0 Å². The van der Waals surface area contributed by atoms with Crippen molar-refractivity contribution in [2.45, 2.75) is 32.6 Å². The molecule has 3 heteroatoms. The van der Waals surface area contributed by atoms with Gasteiger partial charge in [0.05, 0.1) is 5.56 Å². The molecular formula is C18H22N2O. The summed E-state index contributed by atoms with van der Waals surface area (Å²) in [7, 11) is 0. The fourth-order valence-electron chi connectivity index (χ4n) is 2.24. The Hall–Kier alpha value is -2.29. The van der Waals surface area contributed by atoms with E-state index in [2.05, 4.69) is 24.4 Å². The van der Waals surface area contributed by atoms with Crippen molar-refractivity contribution < 1.29 is 4.79 Å². The average molecular weight is 282 g/mol. The number of rotatable bonds is 6. The number of benzene rings is 2. The second-order valence-electron chi connectivity index (χ2n) is 5.20. The van der Waals surface area contributed by atoms with Crippen molar-refractivity contribution in [3.05, 3.63) is 59.7 Å². The quantitative estimate of drug-likeness (QED) is 0.614. The Labute approximate surface area is 126 Å². The van der Waals surface area contributed by atoms with Gasteiger partial charge >= 0.3 is 0 Å². The number of hydrogen-bond donors (Lipinski definition) is 2. The Morgan fingerprint density at radius 2 is 1.76 bits per heavy atom. The highest BCUT2D eigenvalue weighted by molar-refractivity contribution is 6.07. The summed E-state index contributed by atoms with van der Waals surface area (Å²) in [5.74, 6) is -0.174. The molecule has 0 saturated heterocycles. The second kappa shape index (κ2) is 7.48. The summed E-state index contributed by atoms with van der Waals surface area (Å²) in [4.78, 5) is 12.1. The zero-order chi connectivity index (χ0) is 15.1. The number of nitrogen functional groups attached to an aromatic ring is 1. The van der Waals surface area contributed by atoms with Crippen LogP contribution in [0.25, 0.3) is 0 Å². The Bertz CT molecular complexity index is 590. The molecule has 110 valence electrons. The van der Waals surface area contributed by atoms with Gasteiger partial charge in [0.15, 0.2) is 0 Å². The summed E-state index contributed by atoms with van der Waals surface area (Å²) >= 11 is 0. The van der Waals surface area contributed by atoms with Crippen LogP contribution in [0.15, 0.2) is 48.5 Å². The average Bonchev–Trinajstić information content (AvgIpc) is 2.49. The van der Waals surface area contributed by atoms with Crippen LogP contribution in [0.5, 0.6) is 0 Å². The minimum absolute atomic E-state index is 0.174. The van der Waals surface area contributed by atoms with E-state index >= 15 is 0 Å². The van der Waals surface area contributed by atoms with E-state index in [-0.39, 0.29) is 5.91 Å². The van der Waals surface area contributed by atoms with Gasteiger partial charge in [0.1, 0.15) is 0 Å². The van der Waals surface area contributed by atoms with Gasteiger partial charge in [-0.25, -0.2) is 0 Å². The largest absolute Gasteiger partial charge is 0.398 e. The molecule has 0 fully saturated rings. The highest BCUT2D eigenvalue weighted by atomic mass is 16.1. The molecule has 0 unspecified atom stereocenters. The molecule has 0 saturated carbocycles. The van der Waals surface area contributed by atoms with Gasteiger partial charge in [-0.3, -0.25) is 4.79 Å². The molecule has 0 radical (unpaired) electrons. The molecule has 2 rings (SSSR count). The Morgan fingerprint density at radius 1 is 1.05 bits per heavy atom. The van der Waals surface area contributed by atoms with E-state index < -0.39 is 0 Å². The number of nitrogens with two attached hydrogens (primary N) is 1. The Morgan fingerprint density at radius 3 is 2.43 bits per heavy atom. The molecule has 0 atom stereocenters. The van der Waals surface area contributed by atoms with Crippen LogP contribution in [0.2, 0.25) is 0 Å². The van der Waals surface area contributed by atoms with Crippen LogP contribution in [-0.2, 0) is 6.42 Å². The third-order valence-electron chi connectivity index (χ3n) is 3.49. The summed E-state index contributed by atoms with van der Waals surface area (Å²) in [6.45, 7) is 2.20. The minimum Gasteiger partial charge on any atom is -0.398 e. The Balaban J connectivity index is 1.97. The zero-order valence-electron chi connectivity index (χ0n) is 12.4. The van der Waals surface area contributed by atoms with E-state index in [0.29, 0.717) is 11.3 Å². The van der Waals surface area contributed by atoms with Crippen molar-refractivity contribution in [2.75, 3.05) is 11.1 Å². The van der Waals surface area contributed by atoms with Gasteiger partial charge in [-0.05, 0) is 42.7 Å². The number of carbonyl (C=O) groups is 1. The van der Waals surface area contributed by atoms with Crippen LogP contribution in [0, 0.1) is 0 Å². The van der Waals surface area contributed by atoms with Crippen LogP contribution in [-0.4, -0.2) is 5.91 Å². The van der Waals surface area contributed by atoms with E-state index in [0.717, 1.165) is 12.1 Å². The molecule has 2 aromatic rings. The fraction of sp³-hybridized carbons (Fsp3) is 0.278. The SMILES string of the molecule is CCCCCc1ccc(NC(=O)c2ccccc2N)cc1. The van der Waals surface area contributed by atoms with Crippen molar-refractivity contribution >= 4 is 17.3 Å². The molecule has 0 aliphatic heterocycles. The van der Waals surface area contributed by atoms with Crippen molar-refractivity contribution in [3.8, 4) is 0 Å². The monoisotopic (exact) mass is 282 g/mol. The van der Waals surface area contributed by atoms with Crippen molar-refractivity contribution in [1.82, 2.24) is 0 Å². The molecule has 0 aromatic heterocycles. The highest BCUT2D eigenvalue weighted by Crippen LogP contribution is 2.16. The van der Waals surface area contributed by atoms with Gasteiger partial charge in [0, 0.05) is 11.4 Å². The predicted octanol–water partition coefficient (Wildman–Crippen LogP) is 4.25. The summed E-state index contributed by atoms with van der Waals surface area (Å²) < 4.78 is 0. The van der Waals surface area contributed by atoms with Crippen LogP contribution < -0.4 is 11.1 Å². The number of amides is 1. The van der Waals surface area contributed by atoms with E-state index in [4.69, 9.17) is 5.73 Å². The van der Waals surface area contributed by atoms with Gasteiger partial charge in [-0.2, -0.15) is 0 Å². The fourth-order valence-corrected chi connectivity index (χ4v) is 2.24. The molecular weight excluding hydrogens is 260 g/mol. The first-order chi connectivity index (χ1) is 10.2. The number of hydrogen-bond acceptors (Lipinski definition) is 2. The smallest absolute Gasteiger partial charge is 0.257 e. The lowest BCUT2D eigenvalue weighted by atomic mass is 10.1. The predicted molar refractivity (Wildman–Crippen MR) is 88.5 cm³/mol. The van der Waals surface area contributed by atoms with Gasteiger partial charge < -0.3 is 11.1 Å². The number of para-hydroxylation sites is 1. The molecule has 3 nitrogen and oxygen atoms in total. The molecule has 1 amide bonds. The molecule has 0 aliphatic carbocycles. The third kappa shape index (κ3) is 4.35. The Kier molecular flexibility index (Phi) is 5.38. The lowest BCUT2D eigenvalue weighted by Gasteiger charge is -2.08. The zero-order valence-corrected chi connectivity index (χ0v) is 12.4. The lowest BCUT2D eigenvalue weighted by Crippen LogP contribution is -2.13. The molecule has 0 spiro atoms. The number of unbranched alkanes of at least 4 members (excludes halogenated alkanes) is 2. The third-order valence-corrected chi connectivity index (χ3v) is 3.49. The van der Waals surface area contributed by atoms with Crippen molar-refractivity contribution in [3.63, 3.8) is 0 Å². The molecule has 3 N–H and O–H groups in total. The van der Waals surface area contributed by atoms with Crippen LogP contribution in [0.3, 0.4) is 0 Å². The summed E-state index contributed by atoms with van der Waals surface area (Å²) in [5, 5.41) is 2.87. The second-order valence-corrected chi connectivity index (χ2v) is 5.20. The first-order valence-corrected chi connectivity index (χ1v) is 7.45. The van der Waals surface area contributed by atoms with Gasteiger partial charge in [-0.15, -0.1) is 0 Å². The van der Waals surface area contributed by atoms with Gasteiger partial charge in [-0.1, -0.05) is 44.0 Å². The summed E-state index contributed by atoms with van der Waals surface area (Å²) in [5.41, 5.74) is 8.90.